The summed E-state index contributed by atoms with van der Waals surface area (Å²) in [6.45, 7) is 0.301. The van der Waals surface area contributed by atoms with Crippen molar-refractivity contribution in [1.29, 1.82) is 0 Å². The summed E-state index contributed by atoms with van der Waals surface area (Å²) in [7, 11) is 0. The lowest BCUT2D eigenvalue weighted by atomic mass is 10.2. The summed E-state index contributed by atoms with van der Waals surface area (Å²) in [4.78, 5) is 26.6. The molecule has 1 aliphatic heterocycles. The first-order chi connectivity index (χ1) is 14.5. The lowest BCUT2D eigenvalue weighted by molar-refractivity contribution is -0.137. The van der Waals surface area contributed by atoms with Crippen molar-refractivity contribution in [2.45, 2.75) is 12.8 Å². The van der Waals surface area contributed by atoms with Gasteiger partial charge >= 0.3 is 5.97 Å². The predicted octanol–water partition coefficient (Wildman–Crippen LogP) is 4.67. The number of hydrogen-bond acceptors (Lipinski definition) is 6. The molecule has 0 radical (unpaired) electrons. The standard InChI is InChI=1S/C21H17N3O3S3/c25-18(26)9-4-10-23-20(27)17(30-21(23)28)12-14-13-24(15-6-2-1-3-7-15)22-19(14)16-8-5-11-29-16/h1-3,5-8,11-13H,4,9-10H2,(H,25,26). The molecule has 9 heteroatoms. The fraction of sp³-hybridized carbons (Fsp3) is 0.143. The quantitative estimate of drug-likeness (QED) is 0.412. The summed E-state index contributed by atoms with van der Waals surface area (Å²) >= 11 is 8.16. The average molecular weight is 456 g/mol. The van der Waals surface area contributed by atoms with E-state index in [2.05, 4.69) is 0 Å². The number of hydrogen-bond donors (Lipinski definition) is 1. The van der Waals surface area contributed by atoms with Crippen molar-refractivity contribution in [2.75, 3.05) is 6.54 Å². The van der Waals surface area contributed by atoms with Gasteiger partial charge in [0.05, 0.1) is 15.5 Å². The van der Waals surface area contributed by atoms with Crippen molar-refractivity contribution in [2.24, 2.45) is 0 Å². The molecule has 1 saturated heterocycles. The van der Waals surface area contributed by atoms with Crippen LogP contribution in [-0.2, 0) is 9.59 Å². The van der Waals surface area contributed by atoms with Crippen LogP contribution in [0.4, 0.5) is 0 Å². The SMILES string of the molecule is O=C(O)CCCN1C(=O)C(=Cc2cn(-c3ccccc3)nc2-c2cccs2)SC1=S. The van der Waals surface area contributed by atoms with Crippen LogP contribution in [0.15, 0.2) is 58.9 Å². The third-order valence-electron chi connectivity index (χ3n) is 4.45. The highest BCUT2D eigenvalue weighted by Gasteiger charge is 2.32. The van der Waals surface area contributed by atoms with Gasteiger partial charge in [0.2, 0.25) is 0 Å². The zero-order chi connectivity index (χ0) is 21.1. The van der Waals surface area contributed by atoms with Crippen LogP contribution in [0.25, 0.3) is 22.3 Å². The Balaban J connectivity index is 1.66. The fourth-order valence-electron chi connectivity index (χ4n) is 3.03. The van der Waals surface area contributed by atoms with Crippen molar-refractivity contribution < 1.29 is 14.7 Å². The molecule has 0 bridgehead atoms. The number of carbonyl (C=O) groups excluding carboxylic acids is 1. The largest absolute Gasteiger partial charge is 0.481 e. The van der Waals surface area contributed by atoms with Crippen molar-refractivity contribution in [1.82, 2.24) is 14.7 Å². The van der Waals surface area contributed by atoms with E-state index in [-0.39, 0.29) is 12.3 Å². The topological polar surface area (TPSA) is 75.4 Å². The normalized spacial score (nSPS) is 15.3. The molecule has 2 aromatic heterocycles. The number of thiophene rings is 1. The summed E-state index contributed by atoms with van der Waals surface area (Å²) in [5, 5.41) is 15.6. The number of aliphatic carboxylic acids is 1. The van der Waals surface area contributed by atoms with E-state index in [1.54, 1.807) is 16.0 Å². The van der Waals surface area contributed by atoms with E-state index in [9.17, 15) is 9.59 Å². The number of carboxylic acid groups (broad SMARTS) is 1. The molecule has 30 heavy (non-hydrogen) atoms. The molecule has 3 aromatic rings. The first-order valence-corrected chi connectivity index (χ1v) is 11.3. The number of amides is 1. The molecule has 0 atom stereocenters. The van der Waals surface area contributed by atoms with Gasteiger partial charge in [0.1, 0.15) is 10.0 Å². The molecule has 6 nitrogen and oxygen atoms in total. The number of rotatable bonds is 7. The van der Waals surface area contributed by atoms with Gasteiger partial charge in [0.15, 0.2) is 0 Å². The molecular formula is C21H17N3O3S3. The lowest BCUT2D eigenvalue weighted by Crippen LogP contribution is -2.29. The Morgan fingerprint density at radius 3 is 2.70 bits per heavy atom. The van der Waals surface area contributed by atoms with E-state index in [0.29, 0.717) is 22.2 Å². The molecule has 0 aliphatic carbocycles. The molecule has 0 spiro atoms. The molecular weight excluding hydrogens is 438 g/mol. The van der Waals surface area contributed by atoms with Gasteiger partial charge in [0, 0.05) is 24.7 Å². The lowest BCUT2D eigenvalue weighted by Gasteiger charge is -2.13. The van der Waals surface area contributed by atoms with E-state index in [1.807, 2.05) is 60.1 Å². The third kappa shape index (κ3) is 4.38. The number of carbonyl (C=O) groups is 2. The van der Waals surface area contributed by atoms with Gasteiger partial charge < -0.3 is 5.11 Å². The molecule has 0 saturated carbocycles. The van der Waals surface area contributed by atoms with E-state index in [4.69, 9.17) is 22.4 Å². The molecule has 0 unspecified atom stereocenters. The van der Waals surface area contributed by atoms with Crippen LogP contribution in [0.1, 0.15) is 18.4 Å². The summed E-state index contributed by atoms with van der Waals surface area (Å²) in [5.74, 6) is -1.08. The first-order valence-electron chi connectivity index (χ1n) is 9.19. The number of para-hydroxylation sites is 1. The molecule has 1 amide bonds. The van der Waals surface area contributed by atoms with Crippen LogP contribution in [0.2, 0.25) is 0 Å². The smallest absolute Gasteiger partial charge is 0.303 e. The first kappa shape index (κ1) is 20.5. The number of thiocarbonyl (C=S) groups is 1. The molecule has 152 valence electrons. The zero-order valence-corrected chi connectivity index (χ0v) is 18.2. The van der Waals surface area contributed by atoms with Gasteiger partial charge in [-0.25, -0.2) is 4.68 Å². The van der Waals surface area contributed by atoms with Crippen LogP contribution in [-0.4, -0.2) is 42.5 Å². The second-order valence-corrected chi connectivity index (χ2v) is 9.14. The Bertz CT molecular complexity index is 1120. The Labute approximate surface area is 186 Å². The van der Waals surface area contributed by atoms with E-state index < -0.39 is 5.97 Å². The fourth-order valence-corrected chi connectivity index (χ4v) is 5.06. The number of carboxylic acids is 1. The number of nitrogens with zero attached hydrogens (tertiary/aromatic N) is 3. The highest BCUT2D eigenvalue weighted by Crippen LogP contribution is 2.35. The number of thioether (sulfide) groups is 1. The second-order valence-electron chi connectivity index (χ2n) is 6.52. The minimum atomic E-state index is -0.884. The Hall–Kier alpha value is -2.75. The van der Waals surface area contributed by atoms with Crippen molar-refractivity contribution >= 4 is 57.6 Å². The number of aromatic nitrogens is 2. The van der Waals surface area contributed by atoms with Crippen molar-refractivity contribution in [3.63, 3.8) is 0 Å². The highest BCUT2D eigenvalue weighted by atomic mass is 32.2. The minimum Gasteiger partial charge on any atom is -0.481 e. The maximum Gasteiger partial charge on any atom is 0.303 e. The molecule has 1 N–H and O–H groups in total. The minimum absolute atomic E-state index is 0.00246. The maximum atomic E-state index is 12.8. The average Bonchev–Trinajstić information content (AvgIpc) is 3.45. The maximum absolute atomic E-state index is 12.8. The van der Waals surface area contributed by atoms with Gasteiger partial charge in [-0.15, -0.1) is 11.3 Å². The Morgan fingerprint density at radius 1 is 1.20 bits per heavy atom. The van der Waals surface area contributed by atoms with Gasteiger partial charge in [-0.2, -0.15) is 5.10 Å². The monoisotopic (exact) mass is 455 g/mol. The van der Waals surface area contributed by atoms with Crippen LogP contribution in [0, 0.1) is 0 Å². The van der Waals surface area contributed by atoms with Crippen LogP contribution < -0.4 is 0 Å². The Morgan fingerprint density at radius 2 is 2.00 bits per heavy atom. The highest BCUT2D eigenvalue weighted by molar-refractivity contribution is 8.26. The van der Waals surface area contributed by atoms with E-state index >= 15 is 0 Å². The predicted molar refractivity (Wildman–Crippen MR) is 124 cm³/mol. The van der Waals surface area contributed by atoms with Gasteiger partial charge in [-0.05, 0) is 36.1 Å². The molecule has 1 fully saturated rings. The third-order valence-corrected chi connectivity index (χ3v) is 6.70. The van der Waals surface area contributed by atoms with E-state index in [1.165, 1.54) is 16.7 Å². The number of benzene rings is 1. The molecule has 4 rings (SSSR count). The summed E-state index contributed by atoms with van der Waals surface area (Å²) in [6.07, 6.45) is 4.09. The summed E-state index contributed by atoms with van der Waals surface area (Å²) in [6, 6.07) is 13.7. The zero-order valence-electron chi connectivity index (χ0n) is 15.7. The van der Waals surface area contributed by atoms with Crippen molar-refractivity contribution in [3.8, 4) is 16.3 Å². The van der Waals surface area contributed by atoms with Gasteiger partial charge in [-0.1, -0.05) is 48.2 Å². The second kappa shape index (κ2) is 8.95. The van der Waals surface area contributed by atoms with Crippen LogP contribution in [0.5, 0.6) is 0 Å². The van der Waals surface area contributed by atoms with Crippen LogP contribution in [0.3, 0.4) is 0 Å². The summed E-state index contributed by atoms with van der Waals surface area (Å²) < 4.78 is 2.25. The van der Waals surface area contributed by atoms with Gasteiger partial charge in [0.25, 0.3) is 5.91 Å². The molecule has 1 aromatic carbocycles. The Kier molecular flexibility index (Phi) is 6.12. The van der Waals surface area contributed by atoms with E-state index in [0.717, 1.165) is 21.8 Å². The summed E-state index contributed by atoms with van der Waals surface area (Å²) in [5.41, 5.74) is 2.55. The molecule has 1 aliphatic rings. The molecule has 3 heterocycles. The van der Waals surface area contributed by atoms with Crippen molar-refractivity contribution in [3.05, 3.63) is 64.5 Å². The van der Waals surface area contributed by atoms with Crippen LogP contribution >= 0.6 is 35.3 Å². The van der Waals surface area contributed by atoms with Gasteiger partial charge in [-0.3, -0.25) is 14.5 Å².